The molecule has 0 atom stereocenters. The number of hydrogen-bond donors (Lipinski definition) is 0. The van der Waals surface area contributed by atoms with Crippen LogP contribution < -0.4 is 0 Å². The third-order valence-electron chi connectivity index (χ3n) is 2.41. The van der Waals surface area contributed by atoms with Crippen LogP contribution >= 0.6 is 0 Å². The van der Waals surface area contributed by atoms with Gasteiger partial charge in [-0.1, -0.05) is 30.3 Å². The lowest BCUT2D eigenvalue weighted by atomic mass is 10.2. The van der Waals surface area contributed by atoms with E-state index in [0.717, 1.165) is 12.0 Å². The molecule has 17 heavy (non-hydrogen) atoms. The summed E-state index contributed by atoms with van der Waals surface area (Å²) >= 11 is 0. The molecular weight excluding hydrogens is 216 g/mol. The third-order valence-corrected chi connectivity index (χ3v) is 2.41. The molecule has 0 heterocycles. The average molecular weight is 234 g/mol. The fraction of sp³-hybridized carbons (Fsp3) is 0.429. The topological polar surface area (TPSA) is 43.4 Å². The largest absolute Gasteiger partial charge is 0.465 e. The second-order valence-electron chi connectivity index (χ2n) is 4.01. The van der Waals surface area contributed by atoms with Crippen LogP contribution in [0.3, 0.4) is 0 Å². The van der Waals surface area contributed by atoms with Crippen molar-refractivity contribution in [1.29, 1.82) is 0 Å². The van der Waals surface area contributed by atoms with Crippen LogP contribution in [0, 0.1) is 0 Å². The number of Topliss-reactive ketones (excluding diaryl/α,β-unsaturated/α-hetero) is 1. The van der Waals surface area contributed by atoms with Gasteiger partial charge in [0.1, 0.15) is 5.78 Å². The summed E-state index contributed by atoms with van der Waals surface area (Å²) in [7, 11) is 0. The average Bonchev–Trinajstić information content (AvgIpc) is 2.30. The van der Waals surface area contributed by atoms with Gasteiger partial charge in [-0.25, -0.2) is 0 Å². The van der Waals surface area contributed by atoms with Crippen LogP contribution in [0.4, 0.5) is 0 Å². The summed E-state index contributed by atoms with van der Waals surface area (Å²) in [6.07, 6.45) is 2.10. The smallest absolute Gasteiger partial charge is 0.305 e. The maximum absolute atomic E-state index is 11.3. The van der Waals surface area contributed by atoms with Gasteiger partial charge >= 0.3 is 5.97 Å². The summed E-state index contributed by atoms with van der Waals surface area (Å²) in [5.41, 5.74) is 1.16. The molecule has 3 nitrogen and oxygen atoms in total. The molecule has 0 bridgehead atoms. The number of ether oxygens (including phenoxy) is 1. The minimum Gasteiger partial charge on any atom is -0.465 e. The van der Waals surface area contributed by atoms with Gasteiger partial charge in [0, 0.05) is 19.3 Å². The zero-order valence-corrected chi connectivity index (χ0v) is 10.1. The Morgan fingerprint density at radius 3 is 2.47 bits per heavy atom. The van der Waals surface area contributed by atoms with Gasteiger partial charge in [0.05, 0.1) is 6.61 Å². The summed E-state index contributed by atoms with van der Waals surface area (Å²) in [5, 5.41) is 0. The van der Waals surface area contributed by atoms with Crippen molar-refractivity contribution in [2.45, 2.75) is 32.6 Å². The predicted molar refractivity (Wildman–Crippen MR) is 65.6 cm³/mol. The molecule has 1 aromatic carbocycles. The highest BCUT2D eigenvalue weighted by Gasteiger charge is 2.03. The van der Waals surface area contributed by atoms with E-state index in [4.69, 9.17) is 4.74 Å². The first kappa shape index (κ1) is 13.4. The molecule has 0 fully saturated rings. The highest BCUT2D eigenvalue weighted by Crippen LogP contribution is 2.02. The van der Waals surface area contributed by atoms with Crippen LogP contribution in [-0.4, -0.2) is 18.4 Å². The minimum absolute atomic E-state index is 0.113. The van der Waals surface area contributed by atoms with Crippen molar-refractivity contribution in [3.8, 4) is 0 Å². The number of esters is 1. The SMILES string of the molecule is CC(=O)CCCC(=O)OCCc1ccccc1. The van der Waals surface area contributed by atoms with Gasteiger partial charge in [0.25, 0.3) is 0 Å². The number of rotatable bonds is 7. The number of carbonyl (C=O) groups is 2. The molecule has 0 saturated heterocycles. The zero-order valence-electron chi connectivity index (χ0n) is 10.1. The van der Waals surface area contributed by atoms with E-state index in [1.165, 1.54) is 6.92 Å². The number of benzene rings is 1. The van der Waals surface area contributed by atoms with Crippen LogP contribution in [0.1, 0.15) is 31.7 Å². The van der Waals surface area contributed by atoms with E-state index >= 15 is 0 Å². The van der Waals surface area contributed by atoms with Crippen LogP contribution in [0.2, 0.25) is 0 Å². The molecule has 0 aliphatic heterocycles. The van der Waals surface area contributed by atoms with Gasteiger partial charge in [-0.15, -0.1) is 0 Å². The fourth-order valence-electron chi connectivity index (χ4n) is 1.48. The summed E-state index contributed by atoms with van der Waals surface area (Å²) < 4.78 is 5.08. The molecule has 0 radical (unpaired) electrons. The molecule has 1 aromatic rings. The Labute approximate surface area is 102 Å². The standard InChI is InChI=1S/C14H18O3/c1-12(15)6-5-9-14(16)17-11-10-13-7-3-2-4-8-13/h2-4,7-8H,5-6,9-11H2,1H3. The molecule has 92 valence electrons. The van der Waals surface area contributed by atoms with Gasteiger partial charge in [-0.2, -0.15) is 0 Å². The molecule has 0 amide bonds. The summed E-state index contributed by atoms with van der Waals surface area (Å²) in [5.74, 6) is -0.107. The Morgan fingerprint density at radius 2 is 1.82 bits per heavy atom. The lowest BCUT2D eigenvalue weighted by molar-refractivity contribution is -0.143. The minimum atomic E-state index is -0.220. The van der Waals surface area contributed by atoms with E-state index in [2.05, 4.69) is 0 Å². The number of hydrogen-bond acceptors (Lipinski definition) is 3. The molecule has 0 spiro atoms. The lowest BCUT2D eigenvalue weighted by Crippen LogP contribution is -2.08. The quantitative estimate of drug-likeness (QED) is 0.681. The molecule has 3 heteroatoms. The van der Waals surface area contributed by atoms with Crippen molar-refractivity contribution < 1.29 is 14.3 Å². The van der Waals surface area contributed by atoms with Gasteiger partial charge in [0.15, 0.2) is 0 Å². The molecule has 0 aromatic heterocycles. The van der Waals surface area contributed by atoms with Gasteiger partial charge in [-0.3, -0.25) is 4.79 Å². The summed E-state index contributed by atoms with van der Waals surface area (Å²) in [6.45, 7) is 1.93. The van der Waals surface area contributed by atoms with Crippen molar-refractivity contribution in [3.63, 3.8) is 0 Å². The fourth-order valence-corrected chi connectivity index (χ4v) is 1.48. The van der Waals surface area contributed by atoms with E-state index < -0.39 is 0 Å². The van der Waals surface area contributed by atoms with Crippen LogP contribution in [0.5, 0.6) is 0 Å². The molecule has 1 rings (SSSR count). The number of carbonyl (C=O) groups excluding carboxylic acids is 2. The van der Waals surface area contributed by atoms with E-state index in [1.54, 1.807) is 0 Å². The third kappa shape index (κ3) is 6.51. The highest BCUT2D eigenvalue weighted by molar-refractivity contribution is 5.76. The molecular formula is C14H18O3. The van der Waals surface area contributed by atoms with E-state index in [1.807, 2.05) is 30.3 Å². The Hall–Kier alpha value is -1.64. The maximum Gasteiger partial charge on any atom is 0.305 e. The van der Waals surface area contributed by atoms with Gasteiger partial charge in [0.2, 0.25) is 0 Å². The molecule has 0 aliphatic carbocycles. The Balaban J connectivity index is 2.10. The monoisotopic (exact) mass is 234 g/mol. The van der Waals surface area contributed by atoms with Crippen LogP contribution in [0.25, 0.3) is 0 Å². The Bertz CT molecular complexity index is 357. The van der Waals surface area contributed by atoms with Crippen molar-refractivity contribution in [1.82, 2.24) is 0 Å². The molecule has 0 unspecified atom stereocenters. The summed E-state index contributed by atoms with van der Waals surface area (Å²) in [6, 6.07) is 9.89. The molecule has 0 N–H and O–H groups in total. The highest BCUT2D eigenvalue weighted by atomic mass is 16.5. The van der Waals surface area contributed by atoms with Crippen LogP contribution in [0.15, 0.2) is 30.3 Å². The maximum atomic E-state index is 11.3. The van der Waals surface area contributed by atoms with Crippen molar-refractivity contribution in [3.05, 3.63) is 35.9 Å². The van der Waals surface area contributed by atoms with Crippen molar-refractivity contribution >= 4 is 11.8 Å². The van der Waals surface area contributed by atoms with Crippen LogP contribution in [-0.2, 0) is 20.7 Å². The summed E-state index contributed by atoms with van der Waals surface area (Å²) in [4.78, 5) is 22.0. The second kappa shape index (κ2) is 7.60. The second-order valence-corrected chi connectivity index (χ2v) is 4.01. The van der Waals surface area contributed by atoms with Gasteiger partial charge in [-0.05, 0) is 18.9 Å². The lowest BCUT2D eigenvalue weighted by Gasteiger charge is -2.04. The Morgan fingerprint density at radius 1 is 1.12 bits per heavy atom. The van der Waals surface area contributed by atoms with E-state index in [-0.39, 0.29) is 11.8 Å². The van der Waals surface area contributed by atoms with E-state index in [0.29, 0.717) is 25.9 Å². The Kier molecular flexibility index (Phi) is 6.00. The predicted octanol–water partition coefficient (Wildman–Crippen LogP) is 2.53. The molecule has 0 aliphatic rings. The van der Waals surface area contributed by atoms with Crippen molar-refractivity contribution in [2.24, 2.45) is 0 Å². The number of ketones is 1. The van der Waals surface area contributed by atoms with E-state index in [9.17, 15) is 9.59 Å². The molecule has 0 saturated carbocycles. The normalized spacial score (nSPS) is 9.94. The van der Waals surface area contributed by atoms with Gasteiger partial charge < -0.3 is 9.53 Å². The first-order chi connectivity index (χ1) is 8.18. The zero-order chi connectivity index (χ0) is 12.5. The first-order valence-electron chi connectivity index (χ1n) is 5.87. The van der Waals surface area contributed by atoms with Crippen molar-refractivity contribution in [2.75, 3.05) is 6.61 Å². The first-order valence-corrected chi connectivity index (χ1v) is 5.87.